The summed E-state index contributed by atoms with van der Waals surface area (Å²) in [6.45, 7) is 7.56. The first-order valence-corrected chi connectivity index (χ1v) is 7.44. The van der Waals surface area contributed by atoms with E-state index in [0.717, 1.165) is 19.3 Å². The van der Waals surface area contributed by atoms with Crippen LogP contribution in [0.1, 0.15) is 40.0 Å². The summed E-state index contributed by atoms with van der Waals surface area (Å²) in [6.07, 6.45) is 2.23. The van der Waals surface area contributed by atoms with Gasteiger partial charge in [0.15, 0.2) is 0 Å². The Kier molecular flexibility index (Phi) is 6.61. The molecule has 1 aliphatic heterocycles. The van der Waals surface area contributed by atoms with E-state index in [1.54, 1.807) is 16.7 Å². The van der Waals surface area contributed by atoms with Crippen molar-refractivity contribution in [1.82, 2.24) is 15.1 Å². The van der Waals surface area contributed by atoms with Gasteiger partial charge >= 0.3 is 12.1 Å². The molecule has 0 aromatic heterocycles. The summed E-state index contributed by atoms with van der Waals surface area (Å²) >= 11 is 0. The highest BCUT2D eigenvalue weighted by Gasteiger charge is 2.25. The second kappa shape index (κ2) is 7.97. The van der Waals surface area contributed by atoms with E-state index in [0.29, 0.717) is 19.7 Å². The van der Waals surface area contributed by atoms with Gasteiger partial charge in [-0.15, -0.1) is 0 Å². The van der Waals surface area contributed by atoms with Crippen molar-refractivity contribution in [2.75, 3.05) is 26.7 Å². The number of rotatable bonds is 4. The summed E-state index contributed by atoms with van der Waals surface area (Å²) in [5.74, 6) is 0. The number of likely N-dealkylation sites (tertiary alicyclic amines) is 1. The molecule has 1 atom stereocenters. The van der Waals surface area contributed by atoms with Gasteiger partial charge in [-0.2, -0.15) is 0 Å². The Morgan fingerprint density at radius 1 is 1.35 bits per heavy atom. The van der Waals surface area contributed by atoms with Gasteiger partial charge in [0.25, 0.3) is 0 Å². The lowest BCUT2D eigenvalue weighted by molar-refractivity contribution is 0.0950. The number of ether oxygens (including phenoxy) is 1. The molecular formula is C14H27N3O3. The fourth-order valence-electron chi connectivity index (χ4n) is 2.17. The SMILES string of the molecule is CCOC(=O)N1CCC(NC(=O)N(C)[C@H](C)CC)CC1. The number of amides is 3. The van der Waals surface area contributed by atoms with Gasteiger partial charge in [0.2, 0.25) is 0 Å². The van der Waals surface area contributed by atoms with E-state index in [9.17, 15) is 9.59 Å². The molecule has 1 rings (SSSR count). The van der Waals surface area contributed by atoms with Crippen molar-refractivity contribution < 1.29 is 14.3 Å². The van der Waals surface area contributed by atoms with E-state index in [4.69, 9.17) is 4.74 Å². The predicted molar refractivity (Wildman–Crippen MR) is 77.7 cm³/mol. The van der Waals surface area contributed by atoms with Crippen LogP contribution in [0.2, 0.25) is 0 Å². The fraction of sp³-hybridized carbons (Fsp3) is 0.857. The highest BCUT2D eigenvalue weighted by molar-refractivity contribution is 5.74. The number of hydrogen-bond acceptors (Lipinski definition) is 3. The van der Waals surface area contributed by atoms with Crippen LogP contribution in [0.3, 0.4) is 0 Å². The van der Waals surface area contributed by atoms with E-state index in [1.165, 1.54) is 0 Å². The molecule has 1 N–H and O–H groups in total. The second-order valence-electron chi connectivity index (χ2n) is 5.28. The van der Waals surface area contributed by atoms with E-state index in [1.807, 2.05) is 14.0 Å². The Labute approximate surface area is 121 Å². The summed E-state index contributed by atoms with van der Waals surface area (Å²) in [5, 5.41) is 3.03. The lowest BCUT2D eigenvalue weighted by Gasteiger charge is -2.33. The number of urea groups is 1. The first-order chi connectivity index (χ1) is 9.49. The molecule has 116 valence electrons. The van der Waals surface area contributed by atoms with Crippen LogP contribution < -0.4 is 5.32 Å². The standard InChI is InChI=1S/C14H27N3O3/c1-5-11(3)16(4)13(18)15-12-7-9-17(10-8-12)14(19)20-6-2/h11-12H,5-10H2,1-4H3,(H,15,18)/t11-/m1/s1. The maximum absolute atomic E-state index is 12.0. The van der Waals surface area contributed by atoms with Gasteiger partial charge in [-0.3, -0.25) is 0 Å². The smallest absolute Gasteiger partial charge is 0.409 e. The van der Waals surface area contributed by atoms with E-state index in [-0.39, 0.29) is 24.2 Å². The van der Waals surface area contributed by atoms with Crippen molar-refractivity contribution in [1.29, 1.82) is 0 Å². The maximum atomic E-state index is 12.0. The molecule has 20 heavy (non-hydrogen) atoms. The first kappa shape index (κ1) is 16.6. The second-order valence-corrected chi connectivity index (χ2v) is 5.28. The minimum Gasteiger partial charge on any atom is -0.450 e. The van der Waals surface area contributed by atoms with Crippen LogP contribution >= 0.6 is 0 Å². The molecule has 0 radical (unpaired) electrons. The van der Waals surface area contributed by atoms with Crippen molar-refractivity contribution in [3.63, 3.8) is 0 Å². The van der Waals surface area contributed by atoms with Crippen LogP contribution in [-0.2, 0) is 4.74 Å². The fourth-order valence-corrected chi connectivity index (χ4v) is 2.17. The van der Waals surface area contributed by atoms with Crippen LogP contribution in [0.25, 0.3) is 0 Å². The third-order valence-corrected chi connectivity index (χ3v) is 3.92. The van der Waals surface area contributed by atoms with Gasteiger partial charge in [0.05, 0.1) is 6.61 Å². The van der Waals surface area contributed by atoms with E-state index < -0.39 is 0 Å². The number of carbonyl (C=O) groups is 2. The van der Waals surface area contributed by atoms with Crippen LogP contribution in [0.4, 0.5) is 9.59 Å². The summed E-state index contributed by atoms with van der Waals surface area (Å²) < 4.78 is 4.97. The third kappa shape index (κ3) is 4.58. The maximum Gasteiger partial charge on any atom is 0.409 e. The minimum absolute atomic E-state index is 0.0334. The molecule has 1 heterocycles. The molecule has 1 aliphatic rings. The molecule has 0 spiro atoms. The van der Waals surface area contributed by atoms with Gasteiger partial charge in [-0.05, 0) is 33.1 Å². The molecule has 0 aromatic carbocycles. The van der Waals surface area contributed by atoms with Crippen molar-refractivity contribution in [3.05, 3.63) is 0 Å². The Morgan fingerprint density at radius 2 is 1.95 bits per heavy atom. The van der Waals surface area contributed by atoms with Crippen molar-refractivity contribution in [2.45, 2.75) is 52.1 Å². The normalized spacial score (nSPS) is 17.5. The average Bonchev–Trinajstić information content (AvgIpc) is 2.46. The van der Waals surface area contributed by atoms with Crippen LogP contribution in [0.5, 0.6) is 0 Å². The molecular weight excluding hydrogens is 258 g/mol. The minimum atomic E-state index is -0.256. The Bertz CT molecular complexity index is 328. The zero-order valence-electron chi connectivity index (χ0n) is 13.0. The van der Waals surface area contributed by atoms with E-state index >= 15 is 0 Å². The van der Waals surface area contributed by atoms with Gasteiger partial charge in [-0.1, -0.05) is 6.92 Å². The molecule has 0 aromatic rings. The lowest BCUT2D eigenvalue weighted by Crippen LogP contribution is -2.51. The summed E-state index contributed by atoms with van der Waals surface area (Å²) in [7, 11) is 1.82. The molecule has 6 heteroatoms. The molecule has 3 amide bonds. The van der Waals surface area contributed by atoms with Gasteiger partial charge in [0.1, 0.15) is 0 Å². The molecule has 0 aliphatic carbocycles. The number of nitrogens with zero attached hydrogens (tertiary/aromatic N) is 2. The Morgan fingerprint density at radius 3 is 2.45 bits per heavy atom. The van der Waals surface area contributed by atoms with Gasteiger partial charge < -0.3 is 19.9 Å². The summed E-state index contributed by atoms with van der Waals surface area (Å²) in [6, 6.07) is 0.336. The molecule has 0 saturated carbocycles. The van der Waals surface area contributed by atoms with Crippen LogP contribution in [0, 0.1) is 0 Å². The lowest BCUT2D eigenvalue weighted by atomic mass is 10.1. The summed E-state index contributed by atoms with van der Waals surface area (Å²) in [4.78, 5) is 27.0. The van der Waals surface area contributed by atoms with Gasteiger partial charge in [0, 0.05) is 32.2 Å². The van der Waals surface area contributed by atoms with Crippen molar-refractivity contribution in [2.24, 2.45) is 0 Å². The highest BCUT2D eigenvalue weighted by Crippen LogP contribution is 2.12. The highest BCUT2D eigenvalue weighted by atomic mass is 16.6. The molecule has 6 nitrogen and oxygen atoms in total. The molecule has 1 saturated heterocycles. The zero-order valence-corrected chi connectivity index (χ0v) is 13.0. The predicted octanol–water partition coefficient (Wildman–Crippen LogP) is 2.05. The van der Waals surface area contributed by atoms with Crippen molar-refractivity contribution >= 4 is 12.1 Å². The Balaban J connectivity index is 2.35. The van der Waals surface area contributed by atoms with Gasteiger partial charge in [-0.25, -0.2) is 9.59 Å². The molecule has 0 bridgehead atoms. The number of piperidine rings is 1. The quantitative estimate of drug-likeness (QED) is 0.860. The summed E-state index contributed by atoms with van der Waals surface area (Å²) in [5.41, 5.74) is 0. The number of carbonyl (C=O) groups excluding carboxylic acids is 2. The average molecular weight is 285 g/mol. The largest absolute Gasteiger partial charge is 0.450 e. The number of nitrogens with one attached hydrogen (secondary N) is 1. The first-order valence-electron chi connectivity index (χ1n) is 7.44. The van der Waals surface area contributed by atoms with Crippen LogP contribution in [0.15, 0.2) is 0 Å². The monoisotopic (exact) mass is 285 g/mol. The van der Waals surface area contributed by atoms with E-state index in [2.05, 4.69) is 12.2 Å². The molecule has 0 unspecified atom stereocenters. The van der Waals surface area contributed by atoms with Crippen molar-refractivity contribution in [3.8, 4) is 0 Å². The van der Waals surface area contributed by atoms with Crippen LogP contribution in [-0.4, -0.2) is 60.8 Å². The third-order valence-electron chi connectivity index (χ3n) is 3.92. The molecule has 1 fully saturated rings. The zero-order chi connectivity index (χ0) is 15.1. The number of hydrogen-bond donors (Lipinski definition) is 1. The topological polar surface area (TPSA) is 61.9 Å². The Hall–Kier alpha value is -1.46.